The lowest BCUT2D eigenvalue weighted by Gasteiger charge is -2.36. The van der Waals surface area contributed by atoms with Gasteiger partial charge in [-0.1, -0.05) is 30.7 Å². The van der Waals surface area contributed by atoms with Gasteiger partial charge in [-0.15, -0.1) is 0 Å². The fourth-order valence-electron chi connectivity index (χ4n) is 4.40. The zero-order valence-electron chi connectivity index (χ0n) is 15.9. The van der Waals surface area contributed by atoms with Gasteiger partial charge in [0.15, 0.2) is 0 Å². The number of hydrogen-bond acceptors (Lipinski definition) is 3. The summed E-state index contributed by atoms with van der Waals surface area (Å²) in [5, 5.41) is 0. The number of nitrogens with zero attached hydrogens (tertiary/aromatic N) is 2. The van der Waals surface area contributed by atoms with Gasteiger partial charge < -0.3 is 9.64 Å². The first-order chi connectivity index (χ1) is 12.8. The third-order valence-corrected chi connectivity index (χ3v) is 6.44. The lowest BCUT2D eigenvalue weighted by Crippen LogP contribution is -2.43. The lowest BCUT2D eigenvalue weighted by atomic mass is 9.83. The first-order valence-electron chi connectivity index (χ1n) is 10.4. The summed E-state index contributed by atoms with van der Waals surface area (Å²) in [6, 6.07) is 9.20. The molecule has 4 heteroatoms. The van der Waals surface area contributed by atoms with Crippen molar-refractivity contribution in [3.8, 4) is 0 Å². The van der Waals surface area contributed by atoms with Crippen molar-refractivity contribution in [2.24, 2.45) is 11.8 Å². The number of morpholine rings is 1. The highest BCUT2D eigenvalue weighted by Crippen LogP contribution is 2.30. The molecular formula is C22H32N2O2. The molecule has 2 saturated heterocycles. The average molecular weight is 357 g/mol. The minimum Gasteiger partial charge on any atom is -0.379 e. The number of piperidine rings is 1. The van der Waals surface area contributed by atoms with Gasteiger partial charge in [-0.2, -0.15) is 0 Å². The Kier molecular flexibility index (Phi) is 5.91. The molecule has 26 heavy (non-hydrogen) atoms. The minimum absolute atomic E-state index is 0.352. The molecule has 0 spiro atoms. The normalized spacial score (nSPS) is 23.0. The summed E-state index contributed by atoms with van der Waals surface area (Å²) < 4.78 is 5.42. The zero-order chi connectivity index (χ0) is 17.8. The Morgan fingerprint density at radius 1 is 0.923 bits per heavy atom. The summed E-state index contributed by atoms with van der Waals surface area (Å²) >= 11 is 0. The number of rotatable bonds is 5. The maximum atomic E-state index is 12.4. The van der Waals surface area contributed by atoms with Crippen LogP contribution in [0.15, 0.2) is 24.3 Å². The van der Waals surface area contributed by atoms with Gasteiger partial charge in [-0.3, -0.25) is 9.69 Å². The van der Waals surface area contributed by atoms with Crippen molar-refractivity contribution in [3.63, 3.8) is 0 Å². The van der Waals surface area contributed by atoms with Crippen LogP contribution in [0.5, 0.6) is 0 Å². The number of benzene rings is 1. The van der Waals surface area contributed by atoms with E-state index in [1.54, 1.807) is 0 Å². The maximum Gasteiger partial charge on any atom is 0.225 e. The Morgan fingerprint density at radius 2 is 1.58 bits per heavy atom. The predicted octanol–water partition coefficient (Wildman–Crippen LogP) is 3.10. The second-order valence-corrected chi connectivity index (χ2v) is 8.31. The molecule has 142 valence electrons. The quantitative estimate of drug-likeness (QED) is 0.813. The van der Waals surface area contributed by atoms with Gasteiger partial charge in [0.2, 0.25) is 5.91 Å². The standard InChI is InChI=1S/C22H32N2O2/c25-22(21-2-1-3-21)24-10-8-19(9-11-24)16-18-4-6-20(7-5-18)17-23-12-14-26-15-13-23/h4-7,19,21H,1-3,8-17H2. The van der Waals surface area contributed by atoms with E-state index in [1.807, 2.05) is 0 Å². The smallest absolute Gasteiger partial charge is 0.225 e. The second-order valence-electron chi connectivity index (χ2n) is 8.31. The average Bonchev–Trinajstić information content (AvgIpc) is 2.63. The van der Waals surface area contributed by atoms with Crippen molar-refractivity contribution in [3.05, 3.63) is 35.4 Å². The van der Waals surface area contributed by atoms with Crippen LogP contribution >= 0.6 is 0 Å². The Bertz CT molecular complexity index is 583. The molecule has 1 aliphatic carbocycles. The molecular weight excluding hydrogens is 324 g/mol. The van der Waals surface area contributed by atoms with Gasteiger partial charge in [0.25, 0.3) is 0 Å². The van der Waals surface area contributed by atoms with Crippen molar-refractivity contribution in [1.82, 2.24) is 9.80 Å². The Morgan fingerprint density at radius 3 is 2.19 bits per heavy atom. The number of likely N-dealkylation sites (tertiary alicyclic amines) is 1. The summed E-state index contributed by atoms with van der Waals surface area (Å²) in [6.07, 6.45) is 6.96. The Hall–Kier alpha value is -1.39. The first-order valence-corrected chi connectivity index (χ1v) is 10.4. The van der Waals surface area contributed by atoms with E-state index >= 15 is 0 Å². The van der Waals surface area contributed by atoms with E-state index in [1.165, 1.54) is 17.5 Å². The van der Waals surface area contributed by atoms with E-state index in [0.29, 0.717) is 11.8 Å². The van der Waals surface area contributed by atoms with Gasteiger partial charge in [0.05, 0.1) is 13.2 Å². The van der Waals surface area contributed by atoms with Crippen molar-refractivity contribution < 1.29 is 9.53 Å². The minimum atomic E-state index is 0.352. The fourth-order valence-corrected chi connectivity index (χ4v) is 4.40. The second kappa shape index (κ2) is 8.53. The zero-order valence-corrected chi connectivity index (χ0v) is 15.9. The SMILES string of the molecule is O=C(C1CCC1)N1CCC(Cc2ccc(CN3CCOCC3)cc2)CC1. The monoisotopic (exact) mass is 356 g/mol. The van der Waals surface area contributed by atoms with E-state index in [2.05, 4.69) is 34.1 Å². The highest BCUT2D eigenvalue weighted by atomic mass is 16.5. The molecule has 1 aromatic carbocycles. The third kappa shape index (κ3) is 4.47. The molecule has 0 atom stereocenters. The molecule has 1 amide bonds. The summed E-state index contributed by atoms with van der Waals surface area (Å²) in [7, 11) is 0. The van der Waals surface area contributed by atoms with Gasteiger partial charge in [0, 0.05) is 38.6 Å². The van der Waals surface area contributed by atoms with E-state index in [4.69, 9.17) is 4.74 Å². The molecule has 3 fully saturated rings. The number of amides is 1. The van der Waals surface area contributed by atoms with Crippen LogP contribution in [-0.4, -0.2) is 55.1 Å². The molecule has 0 bridgehead atoms. The maximum absolute atomic E-state index is 12.4. The van der Waals surface area contributed by atoms with Gasteiger partial charge >= 0.3 is 0 Å². The first kappa shape index (κ1) is 18.0. The molecule has 2 heterocycles. The van der Waals surface area contributed by atoms with E-state index < -0.39 is 0 Å². The number of carbonyl (C=O) groups is 1. The summed E-state index contributed by atoms with van der Waals surface area (Å²) in [6.45, 7) is 6.77. The lowest BCUT2D eigenvalue weighted by molar-refractivity contribution is -0.139. The van der Waals surface area contributed by atoms with Crippen molar-refractivity contribution >= 4 is 5.91 Å². The highest BCUT2D eigenvalue weighted by molar-refractivity contribution is 5.79. The molecule has 0 aromatic heterocycles. The predicted molar refractivity (Wildman–Crippen MR) is 103 cm³/mol. The summed E-state index contributed by atoms with van der Waals surface area (Å²) in [5.41, 5.74) is 2.84. The van der Waals surface area contributed by atoms with Crippen LogP contribution in [0, 0.1) is 11.8 Å². The Balaban J connectivity index is 1.22. The van der Waals surface area contributed by atoms with Crippen LogP contribution < -0.4 is 0 Å². The van der Waals surface area contributed by atoms with E-state index in [-0.39, 0.29) is 0 Å². The molecule has 0 unspecified atom stereocenters. The van der Waals surface area contributed by atoms with Crippen molar-refractivity contribution in [1.29, 1.82) is 0 Å². The fraction of sp³-hybridized carbons (Fsp3) is 0.682. The van der Waals surface area contributed by atoms with Crippen LogP contribution in [0.25, 0.3) is 0 Å². The number of carbonyl (C=O) groups excluding carboxylic acids is 1. The highest BCUT2D eigenvalue weighted by Gasteiger charge is 2.31. The Labute approximate surface area is 157 Å². The van der Waals surface area contributed by atoms with Crippen molar-refractivity contribution in [2.75, 3.05) is 39.4 Å². The number of hydrogen-bond donors (Lipinski definition) is 0. The van der Waals surface area contributed by atoms with E-state index in [9.17, 15) is 4.79 Å². The molecule has 0 radical (unpaired) electrons. The van der Waals surface area contributed by atoms with Gasteiger partial charge in [0.1, 0.15) is 0 Å². The summed E-state index contributed by atoms with van der Waals surface area (Å²) in [5.74, 6) is 1.51. The molecule has 4 nitrogen and oxygen atoms in total. The molecule has 2 aliphatic heterocycles. The van der Waals surface area contributed by atoms with Crippen LogP contribution in [0.3, 0.4) is 0 Å². The van der Waals surface area contributed by atoms with Crippen LogP contribution in [0.4, 0.5) is 0 Å². The van der Waals surface area contributed by atoms with Crippen LogP contribution in [0.2, 0.25) is 0 Å². The molecule has 4 rings (SSSR count). The number of ether oxygens (including phenoxy) is 1. The molecule has 0 N–H and O–H groups in total. The molecule has 1 aromatic rings. The largest absolute Gasteiger partial charge is 0.379 e. The van der Waals surface area contributed by atoms with Gasteiger partial charge in [-0.25, -0.2) is 0 Å². The molecule has 3 aliphatic rings. The third-order valence-electron chi connectivity index (χ3n) is 6.44. The topological polar surface area (TPSA) is 32.8 Å². The van der Waals surface area contributed by atoms with Crippen molar-refractivity contribution in [2.45, 2.75) is 45.1 Å². The van der Waals surface area contributed by atoms with Crippen LogP contribution in [-0.2, 0) is 22.5 Å². The van der Waals surface area contributed by atoms with Crippen LogP contribution in [0.1, 0.15) is 43.2 Å². The molecule has 1 saturated carbocycles. The summed E-state index contributed by atoms with van der Waals surface area (Å²) in [4.78, 5) is 17.0. The van der Waals surface area contributed by atoms with E-state index in [0.717, 1.165) is 84.0 Å². The van der Waals surface area contributed by atoms with Gasteiger partial charge in [-0.05, 0) is 49.1 Å².